The second kappa shape index (κ2) is 8.50. The normalized spacial score (nSPS) is 11.8. The van der Waals surface area contributed by atoms with Crippen LogP contribution in [0.3, 0.4) is 0 Å². The van der Waals surface area contributed by atoms with Gasteiger partial charge in [-0.3, -0.25) is 0 Å². The monoisotopic (exact) mass is 422 g/mol. The Morgan fingerprint density at radius 1 is 1.04 bits per heavy atom. The quantitative estimate of drug-likeness (QED) is 0.612. The largest absolute Gasteiger partial charge is 0.481 e. The van der Waals surface area contributed by atoms with Crippen LogP contribution in [0.1, 0.15) is 0 Å². The second-order valence-corrected chi connectivity index (χ2v) is 7.58. The summed E-state index contributed by atoms with van der Waals surface area (Å²) >= 11 is 6.00. The zero-order valence-electron chi connectivity index (χ0n) is 14.2. The number of carboxylic acid groups (broad SMARTS) is 1. The molecule has 0 aliphatic heterocycles. The molecule has 28 heavy (non-hydrogen) atoms. The van der Waals surface area contributed by atoms with E-state index in [0.29, 0.717) is 16.1 Å². The number of carbonyl (C=O) groups is 1. The third kappa shape index (κ3) is 4.55. The Morgan fingerprint density at radius 3 is 2.39 bits per heavy atom. The van der Waals surface area contributed by atoms with Crippen molar-refractivity contribution in [2.45, 2.75) is 9.79 Å². The summed E-state index contributed by atoms with van der Waals surface area (Å²) in [6.45, 7) is -0.566. The average molecular weight is 423 g/mol. The Kier molecular flexibility index (Phi) is 6.06. The molecule has 3 aromatic rings. The van der Waals surface area contributed by atoms with Crippen LogP contribution in [0.2, 0.25) is 5.02 Å². The Balaban J connectivity index is 1.96. The van der Waals surface area contributed by atoms with E-state index < -0.39 is 35.0 Å². The van der Waals surface area contributed by atoms with Crippen molar-refractivity contribution in [3.63, 3.8) is 0 Å². The standard InChI is InChI=1S/C20H13ClF2O4S/c21-13-2-7-18(27-11-20(24)25)16(10-13)12-1-8-19(17(23)9-12)28(26)15-5-3-14(22)4-6-15/h1-10H,11H2,(H,24,25). The van der Waals surface area contributed by atoms with Gasteiger partial charge in [0.15, 0.2) is 6.61 Å². The minimum absolute atomic E-state index is 0.0645. The molecule has 1 N–H and O–H groups in total. The Labute approximate surface area is 166 Å². The number of hydrogen-bond acceptors (Lipinski definition) is 3. The van der Waals surface area contributed by atoms with Crippen LogP contribution in [-0.2, 0) is 15.6 Å². The molecule has 0 saturated carbocycles. The van der Waals surface area contributed by atoms with Gasteiger partial charge in [-0.05, 0) is 60.2 Å². The molecule has 0 aliphatic carbocycles. The van der Waals surface area contributed by atoms with Crippen LogP contribution in [-0.4, -0.2) is 21.9 Å². The molecule has 0 radical (unpaired) electrons. The van der Waals surface area contributed by atoms with Gasteiger partial charge >= 0.3 is 5.97 Å². The lowest BCUT2D eigenvalue weighted by molar-refractivity contribution is -0.139. The molecule has 0 heterocycles. The third-order valence-corrected chi connectivity index (χ3v) is 5.43. The number of carboxylic acids is 1. The van der Waals surface area contributed by atoms with E-state index in [2.05, 4.69) is 0 Å². The van der Waals surface area contributed by atoms with Gasteiger partial charge in [0.2, 0.25) is 0 Å². The molecular weight excluding hydrogens is 410 g/mol. The van der Waals surface area contributed by atoms with Crippen molar-refractivity contribution in [2.24, 2.45) is 0 Å². The molecule has 0 bridgehead atoms. The van der Waals surface area contributed by atoms with E-state index in [1.54, 1.807) is 0 Å². The molecule has 1 atom stereocenters. The molecule has 0 saturated heterocycles. The van der Waals surface area contributed by atoms with Crippen molar-refractivity contribution in [3.05, 3.63) is 77.3 Å². The first-order chi connectivity index (χ1) is 13.3. The van der Waals surface area contributed by atoms with E-state index in [1.165, 1.54) is 42.5 Å². The van der Waals surface area contributed by atoms with E-state index >= 15 is 0 Å². The highest BCUT2D eigenvalue weighted by molar-refractivity contribution is 7.85. The van der Waals surface area contributed by atoms with E-state index in [1.807, 2.05) is 0 Å². The summed E-state index contributed by atoms with van der Waals surface area (Å²) in [5.74, 6) is -2.15. The lowest BCUT2D eigenvalue weighted by atomic mass is 10.0. The van der Waals surface area contributed by atoms with Crippen molar-refractivity contribution in [1.29, 1.82) is 0 Å². The van der Waals surface area contributed by atoms with Gasteiger partial charge in [-0.15, -0.1) is 0 Å². The van der Waals surface area contributed by atoms with Gasteiger partial charge in [-0.1, -0.05) is 17.7 Å². The van der Waals surface area contributed by atoms with Crippen LogP contribution in [0.5, 0.6) is 5.75 Å². The van der Waals surface area contributed by atoms with Crippen LogP contribution in [0, 0.1) is 11.6 Å². The summed E-state index contributed by atoms with van der Waals surface area (Å²) in [6, 6.07) is 13.5. The number of halogens is 3. The van der Waals surface area contributed by atoms with Crippen molar-refractivity contribution >= 4 is 28.4 Å². The van der Waals surface area contributed by atoms with Gasteiger partial charge in [0.05, 0.1) is 15.7 Å². The molecule has 1 unspecified atom stereocenters. The SMILES string of the molecule is O=C(O)COc1ccc(Cl)cc1-c1ccc(S(=O)c2ccc(F)cc2)c(F)c1. The molecule has 0 aromatic heterocycles. The summed E-state index contributed by atoms with van der Waals surface area (Å²) in [5.41, 5.74) is 0.770. The minimum Gasteiger partial charge on any atom is -0.481 e. The van der Waals surface area contributed by atoms with Gasteiger partial charge in [-0.2, -0.15) is 0 Å². The molecule has 3 rings (SSSR count). The maximum atomic E-state index is 14.7. The van der Waals surface area contributed by atoms with E-state index in [-0.39, 0.29) is 15.5 Å². The van der Waals surface area contributed by atoms with Gasteiger partial charge in [-0.25, -0.2) is 17.8 Å². The number of benzene rings is 3. The van der Waals surface area contributed by atoms with Gasteiger partial charge in [0, 0.05) is 15.5 Å². The van der Waals surface area contributed by atoms with Crippen LogP contribution in [0.4, 0.5) is 8.78 Å². The molecule has 4 nitrogen and oxygen atoms in total. The first kappa shape index (κ1) is 20.0. The lowest BCUT2D eigenvalue weighted by Gasteiger charge is -2.12. The molecule has 0 amide bonds. The summed E-state index contributed by atoms with van der Waals surface area (Å²) in [6.07, 6.45) is 0. The number of aliphatic carboxylic acids is 1. The first-order valence-corrected chi connectivity index (χ1v) is 9.49. The van der Waals surface area contributed by atoms with Crippen LogP contribution in [0.15, 0.2) is 70.5 Å². The highest BCUT2D eigenvalue weighted by Crippen LogP contribution is 2.34. The smallest absolute Gasteiger partial charge is 0.341 e. The number of hydrogen-bond donors (Lipinski definition) is 1. The molecule has 0 aliphatic rings. The van der Waals surface area contributed by atoms with Gasteiger partial charge in [0.25, 0.3) is 0 Å². The molecule has 3 aromatic carbocycles. The predicted molar refractivity (Wildman–Crippen MR) is 101 cm³/mol. The minimum atomic E-state index is -1.83. The lowest BCUT2D eigenvalue weighted by Crippen LogP contribution is -2.10. The topological polar surface area (TPSA) is 63.6 Å². The van der Waals surface area contributed by atoms with Crippen LogP contribution >= 0.6 is 11.6 Å². The van der Waals surface area contributed by atoms with Crippen molar-refractivity contribution in [3.8, 4) is 16.9 Å². The van der Waals surface area contributed by atoms with Crippen molar-refractivity contribution in [2.75, 3.05) is 6.61 Å². The molecular formula is C20H13ClF2O4S. The highest BCUT2D eigenvalue weighted by atomic mass is 35.5. The Morgan fingerprint density at radius 2 is 1.75 bits per heavy atom. The average Bonchev–Trinajstić information content (AvgIpc) is 2.67. The molecule has 8 heteroatoms. The number of ether oxygens (including phenoxy) is 1. The fourth-order valence-corrected chi connectivity index (χ4v) is 3.73. The summed E-state index contributed by atoms with van der Waals surface area (Å²) < 4.78 is 45.5. The molecule has 0 fully saturated rings. The van der Waals surface area contributed by atoms with Crippen LogP contribution < -0.4 is 4.74 Å². The maximum absolute atomic E-state index is 14.7. The van der Waals surface area contributed by atoms with Gasteiger partial charge < -0.3 is 9.84 Å². The summed E-state index contributed by atoms with van der Waals surface area (Å²) in [7, 11) is -1.83. The molecule has 144 valence electrons. The van der Waals surface area contributed by atoms with Crippen LogP contribution in [0.25, 0.3) is 11.1 Å². The maximum Gasteiger partial charge on any atom is 0.341 e. The zero-order chi connectivity index (χ0) is 20.3. The Bertz CT molecular complexity index is 1050. The van der Waals surface area contributed by atoms with Gasteiger partial charge in [0.1, 0.15) is 17.4 Å². The highest BCUT2D eigenvalue weighted by Gasteiger charge is 2.16. The number of rotatable bonds is 6. The summed E-state index contributed by atoms with van der Waals surface area (Å²) in [5, 5.41) is 9.15. The third-order valence-electron chi connectivity index (χ3n) is 3.76. The fraction of sp³-hybridized carbons (Fsp3) is 0.0500. The Hall–Kier alpha value is -2.77. The predicted octanol–water partition coefficient (Wildman–Crippen LogP) is 4.92. The summed E-state index contributed by atoms with van der Waals surface area (Å²) in [4.78, 5) is 10.9. The van der Waals surface area contributed by atoms with Crippen molar-refractivity contribution in [1.82, 2.24) is 0 Å². The fourth-order valence-electron chi connectivity index (χ4n) is 2.50. The van der Waals surface area contributed by atoms with E-state index in [4.69, 9.17) is 21.4 Å². The van der Waals surface area contributed by atoms with Crippen molar-refractivity contribution < 1.29 is 27.6 Å². The first-order valence-electron chi connectivity index (χ1n) is 7.96. The zero-order valence-corrected chi connectivity index (χ0v) is 15.8. The van der Waals surface area contributed by atoms with E-state index in [9.17, 15) is 17.8 Å². The second-order valence-electron chi connectivity index (χ2n) is 5.69. The molecule has 0 spiro atoms. The van der Waals surface area contributed by atoms with E-state index in [0.717, 1.165) is 18.2 Å².